The SMILES string of the molecule is CC(=O)c1sc(NC(=O)c2cnc(C)cn2)nc1-c1ccccc1. The number of aromatic nitrogens is 3. The largest absolute Gasteiger partial charge is 0.296 e. The molecule has 0 unspecified atom stereocenters. The van der Waals surface area contributed by atoms with Crippen LogP contribution in [0.4, 0.5) is 5.13 Å². The van der Waals surface area contributed by atoms with E-state index in [2.05, 4.69) is 20.3 Å². The predicted molar refractivity (Wildman–Crippen MR) is 92.3 cm³/mol. The van der Waals surface area contributed by atoms with Gasteiger partial charge in [0.05, 0.1) is 22.5 Å². The van der Waals surface area contributed by atoms with Crippen LogP contribution >= 0.6 is 11.3 Å². The van der Waals surface area contributed by atoms with Gasteiger partial charge in [-0.2, -0.15) is 0 Å². The number of ketones is 1. The normalized spacial score (nSPS) is 10.4. The highest BCUT2D eigenvalue weighted by Gasteiger charge is 2.18. The Morgan fingerprint density at radius 3 is 2.46 bits per heavy atom. The average Bonchev–Trinajstić information content (AvgIpc) is 3.00. The number of Topliss-reactive ketones (excluding diaryl/α,β-unsaturated/α-hetero) is 1. The first-order valence-corrected chi connectivity index (χ1v) is 8.03. The highest BCUT2D eigenvalue weighted by molar-refractivity contribution is 7.18. The average molecular weight is 338 g/mol. The number of carbonyl (C=O) groups is 2. The molecule has 3 aromatic rings. The zero-order chi connectivity index (χ0) is 17.1. The number of benzene rings is 1. The summed E-state index contributed by atoms with van der Waals surface area (Å²) in [6.45, 7) is 3.28. The zero-order valence-corrected chi connectivity index (χ0v) is 13.9. The summed E-state index contributed by atoms with van der Waals surface area (Å²) in [6.07, 6.45) is 2.93. The van der Waals surface area contributed by atoms with E-state index < -0.39 is 5.91 Å². The van der Waals surface area contributed by atoms with Gasteiger partial charge in [-0.25, -0.2) is 9.97 Å². The molecule has 1 aromatic carbocycles. The van der Waals surface area contributed by atoms with Gasteiger partial charge >= 0.3 is 0 Å². The highest BCUT2D eigenvalue weighted by atomic mass is 32.1. The first-order chi connectivity index (χ1) is 11.5. The first-order valence-electron chi connectivity index (χ1n) is 7.22. The molecule has 0 fully saturated rings. The second-order valence-electron chi connectivity index (χ2n) is 5.12. The smallest absolute Gasteiger partial charge is 0.277 e. The molecule has 6 nitrogen and oxygen atoms in total. The molecular formula is C17H14N4O2S. The van der Waals surface area contributed by atoms with Crippen molar-refractivity contribution in [1.82, 2.24) is 15.0 Å². The number of rotatable bonds is 4. The minimum atomic E-state index is -0.411. The van der Waals surface area contributed by atoms with E-state index >= 15 is 0 Å². The maximum atomic E-state index is 12.2. The summed E-state index contributed by atoms with van der Waals surface area (Å²) in [7, 11) is 0. The summed E-state index contributed by atoms with van der Waals surface area (Å²) in [4.78, 5) is 37.1. The fraction of sp³-hybridized carbons (Fsp3) is 0.118. The van der Waals surface area contributed by atoms with Crippen molar-refractivity contribution in [3.05, 3.63) is 59.0 Å². The van der Waals surface area contributed by atoms with Crippen molar-refractivity contribution in [2.45, 2.75) is 13.8 Å². The number of aryl methyl sites for hydroxylation is 1. The van der Waals surface area contributed by atoms with E-state index in [1.165, 1.54) is 19.3 Å². The molecule has 2 heterocycles. The van der Waals surface area contributed by atoms with Crippen LogP contribution in [0.1, 0.15) is 32.8 Å². The van der Waals surface area contributed by atoms with Gasteiger partial charge in [0, 0.05) is 18.7 Å². The predicted octanol–water partition coefficient (Wildman–Crippen LogP) is 3.36. The maximum Gasteiger partial charge on any atom is 0.277 e. The lowest BCUT2D eigenvalue weighted by Gasteiger charge is -2.00. The van der Waals surface area contributed by atoms with Crippen molar-refractivity contribution in [2.24, 2.45) is 0 Å². The van der Waals surface area contributed by atoms with E-state index in [0.29, 0.717) is 15.7 Å². The van der Waals surface area contributed by atoms with Crippen LogP contribution in [0.3, 0.4) is 0 Å². The van der Waals surface area contributed by atoms with E-state index in [9.17, 15) is 9.59 Å². The van der Waals surface area contributed by atoms with Crippen LogP contribution in [0.15, 0.2) is 42.7 Å². The third-order valence-corrected chi connectivity index (χ3v) is 4.30. The number of amides is 1. The molecular weight excluding hydrogens is 324 g/mol. The molecule has 0 aliphatic carbocycles. The van der Waals surface area contributed by atoms with Crippen LogP contribution in [0.5, 0.6) is 0 Å². The Morgan fingerprint density at radius 1 is 1.08 bits per heavy atom. The molecule has 3 rings (SSSR count). The number of hydrogen-bond acceptors (Lipinski definition) is 6. The van der Waals surface area contributed by atoms with E-state index in [4.69, 9.17) is 0 Å². The minimum absolute atomic E-state index is 0.0954. The molecule has 120 valence electrons. The monoisotopic (exact) mass is 338 g/mol. The van der Waals surface area contributed by atoms with Crippen LogP contribution in [0.25, 0.3) is 11.3 Å². The van der Waals surface area contributed by atoms with Crippen molar-refractivity contribution in [1.29, 1.82) is 0 Å². The molecule has 0 saturated heterocycles. The second kappa shape index (κ2) is 6.67. The molecule has 24 heavy (non-hydrogen) atoms. The summed E-state index contributed by atoms with van der Waals surface area (Å²) in [6, 6.07) is 9.39. The van der Waals surface area contributed by atoms with Gasteiger partial charge in [-0.1, -0.05) is 41.7 Å². The third-order valence-electron chi connectivity index (χ3n) is 3.23. The van der Waals surface area contributed by atoms with Crippen molar-refractivity contribution in [2.75, 3.05) is 5.32 Å². The molecule has 7 heteroatoms. The number of anilines is 1. The third kappa shape index (κ3) is 3.36. The standard InChI is InChI=1S/C17H14N4O2S/c1-10-8-19-13(9-18-10)16(23)21-17-20-14(15(24-17)11(2)22)12-6-4-3-5-7-12/h3-9H,1-2H3,(H,20,21,23). The number of nitrogens with zero attached hydrogens (tertiary/aromatic N) is 3. The van der Waals surface area contributed by atoms with Gasteiger partial charge < -0.3 is 0 Å². The molecule has 0 aliphatic rings. The van der Waals surface area contributed by atoms with Crippen LogP contribution in [-0.4, -0.2) is 26.6 Å². The number of nitrogens with one attached hydrogen (secondary N) is 1. The molecule has 1 N–H and O–H groups in total. The Hall–Kier alpha value is -2.93. The van der Waals surface area contributed by atoms with Gasteiger partial charge in [0.2, 0.25) is 0 Å². The molecule has 0 spiro atoms. The lowest BCUT2D eigenvalue weighted by atomic mass is 10.1. The van der Waals surface area contributed by atoms with Gasteiger partial charge in [-0.3, -0.25) is 19.9 Å². The fourth-order valence-corrected chi connectivity index (χ4v) is 2.95. The van der Waals surface area contributed by atoms with Crippen LogP contribution < -0.4 is 5.32 Å². The molecule has 0 radical (unpaired) electrons. The number of thiazole rings is 1. The van der Waals surface area contributed by atoms with Crippen molar-refractivity contribution in [3.8, 4) is 11.3 Å². The van der Waals surface area contributed by atoms with E-state index in [0.717, 1.165) is 22.6 Å². The van der Waals surface area contributed by atoms with Crippen molar-refractivity contribution in [3.63, 3.8) is 0 Å². The van der Waals surface area contributed by atoms with E-state index in [1.807, 2.05) is 30.3 Å². The van der Waals surface area contributed by atoms with E-state index in [1.54, 1.807) is 6.92 Å². The van der Waals surface area contributed by atoms with Gasteiger partial charge in [0.1, 0.15) is 5.69 Å². The highest BCUT2D eigenvalue weighted by Crippen LogP contribution is 2.31. The summed E-state index contributed by atoms with van der Waals surface area (Å²) in [5.74, 6) is -0.507. The van der Waals surface area contributed by atoms with Crippen LogP contribution in [0.2, 0.25) is 0 Å². The first kappa shape index (κ1) is 15.9. The Morgan fingerprint density at radius 2 is 1.83 bits per heavy atom. The lowest BCUT2D eigenvalue weighted by molar-refractivity contribution is 0.101. The summed E-state index contributed by atoms with van der Waals surface area (Å²) in [5.41, 5.74) is 2.32. The Labute approximate surface area is 142 Å². The topological polar surface area (TPSA) is 84.8 Å². The quantitative estimate of drug-likeness (QED) is 0.737. The van der Waals surface area contributed by atoms with Crippen LogP contribution in [-0.2, 0) is 0 Å². The van der Waals surface area contributed by atoms with Crippen molar-refractivity contribution < 1.29 is 9.59 Å². The summed E-state index contributed by atoms with van der Waals surface area (Å²) >= 11 is 1.15. The number of carbonyl (C=O) groups excluding carboxylic acids is 2. The zero-order valence-electron chi connectivity index (χ0n) is 13.1. The fourth-order valence-electron chi connectivity index (χ4n) is 2.07. The molecule has 1 amide bonds. The Bertz CT molecular complexity index is 889. The lowest BCUT2D eigenvalue weighted by Crippen LogP contribution is -2.13. The summed E-state index contributed by atoms with van der Waals surface area (Å²) in [5, 5.41) is 3.03. The molecule has 0 bridgehead atoms. The summed E-state index contributed by atoms with van der Waals surface area (Å²) < 4.78 is 0. The van der Waals surface area contributed by atoms with Crippen LogP contribution in [0, 0.1) is 6.92 Å². The number of hydrogen-bond donors (Lipinski definition) is 1. The minimum Gasteiger partial charge on any atom is -0.296 e. The second-order valence-corrected chi connectivity index (χ2v) is 6.12. The van der Waals surface area contributed by atoms with Gasteiger partial charge in [-0.15, -0.1) is 0 Å². The Kier molecular flexibility index (Phi) is 4.43. The molecule has 2 aromatic heterocycles. The van der Waals surface area contributed by atoms with Gasteiger partial charge in [-0.05, 0) is 6.92 Å². The van der Waals surface area contributed by atoms with E-state index in [-0.39, 0.29) is 11.5 Å². The van der Waals surface area contributed by atoms with Gasteiger partial charge in [0.25, 0.3) is 5.91 Å². The molecule has 0 saturated carbocycles. The Balaban J connectivity index is 1.90. The van der Waals surface area contributed by atoms with Gasteiger partial charge in [0.15, 0.2) is 10.9 Å². The molecule has 0 atom stereocenters. The maximum absolute atomic E-state index is 12.2. The molecule has 0 aliphatic heterocycles. The van der Waals surface area contributed by atoms with Crippen molar-refractivity contribution >= 4 is 28.2 Å².